The molecule has 1 fully saturated rings. The minimum absolute atomic E-state index is 0.00703. The second kappa shape index (κ2) is 10.4. The summed E-state index contributed by atoms with van der Waals surface area (Å²) >= 11 is 0. The van der Waals surface area contributed by atoms with Crippen molar-refractivity contribution in [3.8, 4) is 11.1 Å². The Bertz CT molecular complexity index is 1080. The fraction of sp³-hybridized carbons (Fsp3) is 0.321. The molecule has 2 heterocycles. The van der Waals surface area contributed by atoms with Crippen LogP contribution in [-0.4, -0.2) is 41.8 Å². The van der Waals surface area contributed by atoms with E-state index in [4.69, 9.17) is 0 Å². The third-order valence-corrected chi connectivity index (χ3v) is 6.65. The number of nitrogens with zero attached hydrogens (tertiary/aromatic N) is 2. The third kappa shape index (κ3) is 5.30. The highest BCUT2D eigenvalue weighted by molar-refractivity contribution is 5.85. The lowest BCUT2D eigenvalue weighted by Crippen LogP contribution is -2.54. The maximum absolute atomic E-state index is 13.2. The molecule has 2 amide bonds. The topological polar surface area (TPSA) is 62.3 Å². The Morgan fingerprint density at radius 3 is 2.48 bits per heavy atom. The highest BCUT2D eigenvalue weighted by Gasteiger charge is 2.43. The number of pyridine rings is 1. The molecule has 4 rings (SSSR count). The molecule has 1 atom stereocenters. The number of aromatic nitrogens is 1. The molecule has 2 aromatic carbocycles. The molecule has 1 aliphatic rings. The summed E-state index contributed by atoms with van der Waals surface area (Å²) < 4.78 is 0. The average Bonchev–Trinajstić information content (AvgIpc) is 2.88. The summed E-state index contributed by atoms with van der Waals surface area (Å²) in [5.41, 5.74) is 3.82. The van der Waals surface area contributed by atoms with Crippen LogP contribution in [-0.2, 0) is 22.4 Å². The summed E-state index contributed by atoms with van der Waals surface area (Å²) in [6.07, 6.45) is 6.92. The minimum atomic E-state index is -0.640. The Morgan fingerprint density at radius 2 is 1.73 bits per heavy atom. The number of hydrogen-bond donors (Lipinski definition) is 1. The van der Waals surface area contributed by atoms with Crippen molar-refractivity contribution >= 4 is 11.8 Å². The molecule has 3 aromatic rings. The zero-order valence-electron chi connectivity index (χ0n) is 19.2. The molecule has 0 aliphatic carbocycles. The van der Waals surface area contributed by atoms with Crippen LogP contribution < -0.4 is 5.32 Å². The Labute approximate surface area is 195 Å². The summed E-state index contributed by atoms with van der Waals surface area (Å²) in [7, 11) is 1.69. The van der Waals surface area contributed by atoms with Gasteiger partial charge in [-0.3, -0.25) is 14.6 Å². The SMILES string of the molecule is CNC(=O)[C@]1(Cc2ccccc2-c2ccncc2)CCCN(C(=O)CCc2ccccc2)C1. The van der Waals surface area contributed by atoms with Gasteiger partial charge < -0.3 is 10.2 Å². The predicted molar refractivity (Wildman–Crippen MR) is 130 cm³/mol. The van der Waals surface area contributed by atoms with E-state index in [1.165, 1.54) is 0 Å². The van der Waals surface area contributed by atoms with E-state index in [1.54, 1.807) is 19.4 Å². The second-order valence-corrected chi connectivity index (χ2v) is 8.83. The second-order valence-electron chi connectivity index (χ2n) is 8.83. The first kappa shape index (κ1) is 22.7. The number of rotatable bonds is 7. The number of benzene rings is 2. The van der Waals surface area contributed by atoms with Crippen LogP contribution >= 0.6 is 0 Å². The van der Waals surface area contributed by atoms with Gasteiger partial charge in [-0.1, -0.05) is 54.6 Å². The van der Waals surface area contributed by atoms with Crippen molar-refractivity contribution < 1.29 is 9.59 Å². The lowest BCUT2D eigenvalue weighted by molar-refractivity contribution is -0.141. The molecule has 0 unspecified atom stereocenters. The Hall–Kier alpha value is -3.47. The molecule has 1 aromatic heterocycles. The van der Waals surface area contributed by atoms with Gasteiger partial charge in [0.25, 0.3) is 0 Å². The lowest BCUT2D eigenvalue weighted by Gasteiger charge is -2.42. The monoisotopic (exact) mass is 441 g/mol. The Morgan fingerprint density at radius 1 is 1.00 bits per heavy atom. The molecule has 0 spiro atoms. The Balaban J connectivity index is 1.55. The third-order valence-electron chi connectivity index (χ3n) is 6.65. The van der Waals surface area contributed by atoms with Crippen LogP contribution in [0.2, 0.25) is 0 Å². The summed E-state index contributed by atoms with van der Waals surface area (Å²) in [4.78, 5) is 32.4. The van der Waals surface area contributed by atoms with E-state index in [9.17, 15) is 9.59 Å². The molecule has 1 aliphatic heterocycles. The quantitative estimate of drug-likeness (QED) is 0.595. The lowest BCUT2D eigenvalue weighted by atomic mass is 9.73. The van der Waals surface area contributed by atoms with Gasteiger partial charge in [-0.25, -0.2) is 0 Å². The number of amides is 2. The number of carbonyl (C=O) groups excluding carboxylic acids is 2. The number of carbonyl (C=O) groups is 2. The zero-order chi connectivity index (χ0) is 23.1. The van der Waals surface area contributed by atoms with Crippen LogP contribution in [0.4, 0.5) is 0 Å². The first-order valence-corrected chi connectivity index (χ1v) is 11.6. The van der Waals surface area contributed by atoms with E-state index in [2.05, 4.69) is 22.4 Å². The maximum atomic E-state index is 13.2. The highest BCUT2D eigenvalue weighted by Crippen LogP contribution is 2.37. The number of likely N-dealkylation sites (tertiary alicyclic amines) is 1. The number of aryl methyl sites for hydroxylation is 1. The predicted octanol–water partition coefficient (Wildman–Crippen LogP) is 4.28. The van der Waals surface area contributed by atoms with E-state index in [1.807, 2.05) is 59.5 Å². The maximum Gasteiger partial charge on any atom is 0.228 e. The number of piperidine rings is 1. The molecule has 33 heavy (non-hydrogen) atoms. The van der Waals surface area contributed by atoms with Gasteiger partial charge in [0, 0.05) is 39.0 Å². The molecule has 1 saturated heterocycles. The minimum Gasteiger partial charge on any atom is -0.359 e. The highest BCUT2D eigenvalue weighted by atomic mass is 16.2. The van der Waals surface area contributed by atoms with E-state index in [0.29, 0.717) is 32.4 Å². The molecule has 5 nitrogen and oxygen atoms in total. The van der Waals surface area contributed by atoms with E-state index >= 15 is 0 Å². The smallest absolute Gasteiger partial charge is 0.228 e. The van der Waals surface area contributed by atoms with Crippen LogP contribution in [0.15, 0.2) is 79.1 Å². The van der Waals surface area contributed by atoms with Crippen molar-refractivity contribution in [3.05, 3.63) is 90.3 Å². The average molecular weight is 442 g/mol. The van der Waals surface area contributed by atoms with Crippen LogP contribution in [0, 0.1) is 5.41 Å². The van der Waals surface area contributed by atoms with Crippen molar-refractivity contribution in [2.24, 2.45) is 5.41 Å². The van der Waals surface area contributed by atoms with Gasteiger partial charge in [-0.15, -0.1) is 0 Å². The molecular formula is C28H31N3O2. The molecule has 0 bridgehead atoms. The molecule has 5 heteroatoms. The van der Waals surface area contributed by atoms with Crippen LogP contribution in [0.1, 0.15) is 30.4 Å². The van der Waals surface area contributed by atoms with Gasteiger partial charge in [0.15, 0.2) is 0 Å². The summed E-state index contributed by atoms with van der Waals surface area (Å²) in [6.45, 7) is 1.16. The largest absolute Gasteiger partial charge is 0.359 e. The molecule has 1 N–H and O–H groups in total. The molecule has 170 valence electrons. The van der Waals surface area contributed by atoms with Crippen LogP contribution in [0.5, 0.6) is 0 Å². The fourth-order valence-corrected chi connectivity index (χ4v) is 4.93. The van der Waals surface area contributed by atoms with Crippen LogP contribution in [0.25, 0.3) is 11.1 Å². The van der Waals surface area contributed by atoms with Crippen molar-refractivity contribution in [2.75, 3.05) is 20.1 Å². The van der Waals surface area contributed by atoms with Crippen molar-refractivity contribution in [1.82, 2.24) is 15.2 Å². The number of nitrogens with one attached hydrogen (secondary N) is 1. The first-order valence-electron chi connectivity index (χ1n) is 11.6. The van der Waals surface area contributed by atoms with Crippen LogP contribution in [0.3, 0.4) is 0 Å². The van der Waals surface area contributed by atoms with E-state index in [0.717, 1.165) is 35.1 Å². The molecular weight excluding hydrogens is 410 g/mol. The summed E-state index contributed by atoms with van der Waals surface area (Å²) in [5, 5.41) is 2.89. The first-order chi connectivity index (χ1) is 16.1. The zero-order valence-corrected chi connectivity index (χ0v) is 19.2. The molecule has 0 radical (unpaired) electrons. The fourth-order valence-electron chi connectivity index (χ4n) is 4.93. The van der Waals surface area contributed by atoms with Crippen molar-refractivity contribution in [2.45, 2.75) is 32.1 Å². The Kier molecular flexibility index (Phi) is 7.18. The van der Waals surface area contributed by atoms with E-state index < -0.39 is 5.41 Å². The number of hydrogen-bond acceptors (Lipinski definition) is 3. The summed E-state index contributed by atoms with van der Waals surface area (Å²) in [5.74, 6) is 0.127. The van der Waals surface area contributed by atoms with Gasteiger partial charge in [-0.05, 0) is 60.1 Å². The van der Waals surface area contributed by atoms with Gasteiger partial charge >= 0.3 is 0 Å². The van der Waals surface area contributed by atoms with Gasteiger partial charge in [0.2, 0.25) is 11.8 Å². The van der Waals surface area contributed by atoms with Crippen molar-refractivity contribution in [3.63, 3.8) is 0 Å². The van der Waals surface area contributed by atoms with Gasteiger partial charge in [0.1, 0.15) is 0 Å². The summed E-state index contributed by atoms with van der Waals surface area (Å²) in [6, 6.07) is 22.3. The van der Waals surface area contributed by atoms with E-state index in [-0.39, 0.29) is 11.8 Å². The van der Waals surface area contributed by atoms with Gasteiger partial charge in [0.05, 0.1) is 5.41 Å². The van der Waals surface area contributed by atoms with Crippen molar-refractivity contribution in [1.29, 1.82) is 0 Å². The normalized spacial score (nSPS) is 18.0. The molecule has 0 saturated carbocycles. The van der Waals surface area contributed by atoms with Gasteiger partial charge in [-0.2, -0.15) is 0 Å². The standard InChI is InChI=1S/C28H31N3O2/c1-29-27(33)28(20-24-10-5-6-11-25(24)23-14-17-30-18-15-23)16-7-19-31(21-28)26(32)13-12-22-8-3-2-4-9-22/h2-6,8-11,14-15,17-18H,7,12-13,16,19-21H2,1H3,(H,29,33)/t28-/m0/s1.